The van der Waals surface area contributed by atoms with E-state index in [1.807, 2.05) is 6.92 Å². The molecule has 3 heterocycles. The molecule has 3 aliphatic rings. The normalized spacial score (nSPS) is 31.4. The Bertz CT molecular complexity index is 751. The molecule has 201 valence electrons. The summed E-state index contributed by atoms with van der Waals surface area (Å²) in [5.74, 6) is -1.33. The Kier molecular flexibility index (Phi) is 19.7. The van der Waals surface area contributed by atoms with Crippen LogP contribution in [0.15, 0.2) is 12.7 Å². The number of rotatable bonds is 8. The summed E-state index contributed by atoms with van der Waals surface area (Å²) in [6.07, 6.45) is 0.432. The summed E-state index contributed by atoms with van der Waals surface area (Å²) in [4.78, 5) is 32.5. The van der Waals surface area contributed by atoms with Crippen molar-refractivity contribution in [1.29, 1.82) is 0 Å². The summed E-state index contributed by atoms with van der Waals surface area (Å²) in [5, 5.41) is 15.5. The molecule has 12 nitrogen and oxygen atoms in total. The Balaban J connectivity index is 0. The van der Waals surface area contributed by atoms with E-state index in [2.05, 4.69) is 22.5 Å². The van der Waals surface area contributed by atoms with Crippen LogP contribution < -0.4 is 16.0 Å². The predicted molar refractivity (Wildman–Crippen MR) is 117 cm³/mol. The summed E-state index contributed by atoms with van der Waals surface area (Å²) in [5.41, 5.74) is 0. The number of hydrogen-bond donors (Lipinski definition) is 4. The zero-order chi connectivity index (χ0) is 25.5. The molecule has 3 saturated heterocycles. The van der Waals surface area contributed by atoms with Gasteiger partial charge < -0.3 is 39.8 Å². The number of aliphatic hydroxyl groups excluding tert-OH is 1. The van der Waals surface area contributed by atoms with Crippen molar-refractivity contribution in [2.75, 3.05) is 21.3 Å². The third-order valence-electron chi connectivity index (χ3n) is 5.94. The van der Waals surface area contributed by atoms with Gasteiger partial charge in [-0.05, 0) is 31.9 Å². The molecule has 4 N–H and O–H groups in total. The minimum absolute atomic E-state index is 0. The van der Waals surface area contributed by atoms with Gasteiger partial charge in [0.05, 0.1) is 36.2 Å². The Morgan fingerprint density at radius 3 is 1.57 bits per heavy atom. The summed E-state index contributed by atoms with van der Waals surface area (Å²) >= 11 is -2.26. The van der Waals surface area contributed by atoms with Crippen LogP contribution in [0, 0.1) is 99.6 Å². The first-order valence-corrected chi connectivity index (χ1v) is 11.5. The fourth-order valence-corrected chi connectivity index (χ4v) is 4.21. The van der Waals surface area contributed by atoms with Crippen LogP contribution in [0.5, 0.6) is 0 Å². The average molecular weight is 760 g/mol. The molecule has 0 spiro atoms. The molecular weight excluding hydrogens is 725 g/mol. The SMILES string of the molecule is C=CC1NC(=O)[C@@H]1C(C)OC.COC(C)[C@H]1C(=O)NC1O.COC(C)[C@H]1C(=O)NC1S(=O)[O-].[Ac].[Ar]. The molecular formula is C20H34AcArN3O9S-. The minimum atomic E-state index is -2.26. The van der Waals surface area contributed by atoms with Crippen molar-refractivity contribution >= 4 is 28.8 Å². The molecule has 3 aliphatic heterocycles. The van der Waals surface area contributed by atoms with Crippen molar-refractivity contribution in [3.8, 4) is 0 Å². The molecule has 3 rings (SSSR count). The van der Waals surface area contributed by atoms with Gasteiger partial charge in [-0.15, -0.1) is 6.58 Å². The van der Waals surface area contributed by atoms with Gasteiger partial charge in [-0.3, -0.25) is 18.6 Å². The monoisotopic (exact) mass is 759 g/mol. The Hall–Kier alpha value is 0.801. The van der Waals surface area contributed by atoms with Crippen molar-refractivity contribution < 1.29 is 124 Å². The fraction of sp³-hybridized carbons (Fsp3) is 0.750. The van der Waals surface area contributed by atoms with Gasteiger partial charge in [0.25, 0.3) is 0 Å². The number of carbonyl (C=O) groups excluding carboxylic acids is 3. The summed E-state index contributed by atoms with van der Waals surface area (Å²) in [6.45, 7) is 8.93. The first-order chi connectivity index (χ1) is 15.4. The van der Waals surface area contributed by atoms with Gasteiger partial charge in [0.1, 0.15) is 17.5 Å². The summed E-state index contributed by atoms with van der Waals surface area (Å²) in [7, 11) is 4.57. The van der Waals surface area contributed by atoms with Crippen LogP contribution in [0.2, 0.25) is 0 Å². The molecule has 35 heavy (non-hydrogen) atoms. The quantitative estimate of drug-likeness (QED) is 0.129. The molecule has 7 unspecified atom stereocenters. The van der Waals surface area contributed by atoms with Gasteiger partial charge in [-0.25, -0.2) is 0 Å². The largest absolute Gasteiger partial charge is 0.771 e. The number of aliphatic hydroxyl groups is 1. The average Bonchev–Trinajstić information content (AvgIpc) is 2.75. The molecule has 0 aromatic carbocycles. The number of nitrogens with one attached hydrogen (secondary N) is 3. The van der Waals surface area contributed by atoms with Crippen LogP contribution in [0.4, 0.5) is 0 Å². The molecule has 3 fully saturated rings. The van der Waals surface area contributed by atoms with E-state index in [0.29, 0.717) is 0 Å². The maximum absolute atomic E-state index is 11.0. The van der Waals surface area contributed by atoms with Crippen LogP contribution in [0.3, 0.4) is 0 Å². The number of carbonyl (C=O) groups is 3. The molecule has 3 amide bonds. The Morgan fingerprint density at radius 2 is 1.29 bits per heavy atom. The van der Waals surface area contributed by atoms with E-state index in [9.17, 15) is 23.1 Å². The van der Waals surface area contributed by atoms with Crippen molar-refractivity contribution in [1.82, 2.24) is 16.0 Å². The second-order valence-electron chi connectivity index (χ2n) is 7.81. The summed E-state index contributed by atoms with van der Waals surface area (Å²) < 4.78 is 35.8. The number of amides is 3. The van der Waals surface area contributed by atoms with Crippen molar-refractivity contribution in [2.24, 2.45) is 17.8 Å². The first kappa shape index (κ1) is 38.0. The fourth-order valence-electron chi connectivity index (χ4n) is 3.41. The topological polar surface area (TPSA) is 175 Å². The molecule has 0 saturated carbocycles. The van der Waals surface area contributed by atoms with Crippen LogP contribution in [-0.2, 0) is 39.7 Å². The zero-order valence-corrected chi connectivity index (χ0v) is 26.8. The van der Waals surface area contributed by atoms with Gasteiger partial charge in [0.2, 0.25) is 17.7 Å². The van der Waals surface area contributed by atoms with Crippen molar-refractivity contribution in [3.63, 3.8) is 0 Å². The first-order valence-electron chi connectivity index (χ1n) is 10.3. The Morgan fingerprint density at radius 1 is 0.886 bits per heavy atom. The second-order valence-corrected chi connectivity index (χ2v) is 8.84. The van der Waals surface area contributed by atoms with Crippen LogP contribution in [0.1, 0.15) is 20.8 Å². The number of methoxy groups -OCH3 is 3. The van der Waals surface area contributed by atoms with E-state index < -0.39 is 28.6 Å². The molecule has 0 aromatic heterocycles. The molecule has 10 atom stereocenters. The number of hydrogen-bond acceptors (Lipinski definition) is 9. The minimum Gasteiger partial charge on any atom is -0.771 e. The molecule has 15 heteroatoms. The maximum Gasteiger partial charge on any atom is 0.232 e. The van der Waals surface area contributed by atoms with Gasteiger partial charge in [-0.1, -0.05) is 6.08 Å². The van der Waals surface area contributed by atoms with E-state index in [1.165, 1.54) is 14.2 Å². The van der Waals surface area contributed by atoms with Crippen molar-refractivity contribution in [2.45, 2.75) is 56.7 Å². The van der Waals surface area contributed by atoms with Gasteiger partial charge in [-0.2, -0.15) is 0 Å². The molecule has 1 radical (unpaired) electrons. The van der Waals surface area contributed by atoms with E-state index in [0.717, 1.165) is 0 Å². The predicted octanol–water partition coefficient (Wildman–Crippen LogP) is -1.62. The molecule has 0 aromatic rings. The van der Waals surface area contributed by atoms with E-state index in [-0.39, 0.29) is 136 Å². The van der Waals surface area contributed by atoms with E-state index >= 15 is 0 Å². The van der Waals surface area contributed by atoms with Crippen LogP contribution in [-0.4, -0.2) is 88.9 Å². The number of ether oxygens (including phenoxy) is 3. The van der Waals surface area contributed by atoms with Gasteiger partial charge in [0.15, 0.2) is 0 Å². The third kappa shape index (κ3) is 10.1. The zero-order valence-electron chi connectivity index (χ0n) is 20.5. The van der Waals surface area contributed by atoms with Gasteiger partial charge in [0, 0.05) is 103 Å². The van der Waals surface area contributed by atoms with Gasteiger partial charge >= 0.3 is 0 Å². The standard InChI is InChI=1S/C8H13NO2.C6H11NO4S.C6H11NO3.Ac.Ar/c1-4-6-7(5(2)11-3)8(10)9-6;1-3(11-2)4-5(8)7-6(4)12(9)10;1-3(10-2)4-5(8)7-6(4)9;;/h4-7H,1H2,2-3H3,(H,9,10);3-4,6H,1-2H3,(H,7,8)(H,9,10);3-5,8H,1-2H3,(H,7,9);;/p-1/t5?,6?,7-;3?,4-,6?;3?,4-,5?;;/m101../s1. The van der Waals surface area contributed by atoms with Crippen molar-refractivity contribution in [3.05, 3.63) is 12.7 Å². The van der Waals surface area contributed by atoms with Crippen LogP contribution >= 0.6 is 0 Å². The van der Waals surface area contributed by atoms with E-state index in [1.54, 1.807) is 27.0 Å². The Labute approximate surface area is 274 Å². The maximum atomic E-state index is 11.0. The molecule has 0 bridgehead atoms. The second kappa shape index (κ2) is 18.2. The number of β-lactam (4-membered cyclic amide) rings is 3. The van der Waals surface area contributed by atoms with Crippen LogP contribution in [0.25, 0.3) is 0 Å². The summed E-state index contributed by atoms with van der Waals surface area (Å²) in [6, 6.07) is 0.0949. The van der Waals surface area contributed by atoms with E-state index in [4.69, 9.17) is 19.3 Å². The smallest absolute Gasteiger partial charge is 0.232 e. The third-order valence-corrected chi connectivity index (χ3v) is 6.76. The molecule has 0 aliphatic carbocycles.